The lowest BCUT2D eigenvalue weighted by atomic mass is 10.2. The minimum Gasteiger partial charge on any atom is -0.339 e. The Kier molecular flexibility index (Phi) is 4.21. The van der Waals surface area contributed by atoms with Gasteiger partial charge in [-0.25, -0.2) is 4.98 Å². The van der Waals surface area contributed by atoms with Gasteiger partial charge in [0, 0.05) is 36.5 Å². The number of hydrogen-bond acceptors (Lipinski definition) is 3. The van der Waals surface area contributed by atoms with Crippen LogP contribution in [0, 0.1) is 0 Å². The van der Waals surface area contributed by atoms with Crippen LogP contribution >= 0.6 is 15.9 Å². The van der Waals surface area contributed by atoms with Crippen molar-refractivity contribution in [3.63, 3.8) is 0 Å². The Balaban J connectivity index is 1.37. The lowest BCUT2D eigenvalue weighted by molar-refractivity contribution is 0.101. The number of anilines is 1. The number of benzene rings is 1. The molecule has 0 saturated carbocycles. The molecule has 0 aliphatic carbocycles. The summed E-state index contributed by atoms with van der Waals surface area (Å²) in [5, 5.41) is 8.29. The second-order valence-corrected chi connectivity index (χ2v) is 7.61. The highest BCUT2D eigenvalue weighted by Gasteiger charge is 2.19. The van der Waals surface area contributed by atoms with E-state index >= 15 is 0 Å². The fourth-order valence-corrected chi connectivity index (χ4v) is 4.31. The van der Waals surface area contributed by atoms with Crippen molar-refractivity contribution in [2.24, 2.45) is 7.05 Å². The van der Waals surface area contributed by atoms with Gasteiger partial charge in [-0.05, 0) is 34.1 Å². The van der Waals surface area contributed by atoms with E-state index in [1.807, 2.05) is 70.9 Å². The van der Waals surface area contributed by atoms with Crippen LogP contribution in [0.1, 0.15) is 16.2 Å². The quantitative estimate of drug-likeness (QED) is 0.450. The van der Waals surface area contributed by atoms with Crippen LogP contribution in [0.3, 0.4) is 0 Å². The van der Waals surface area contributed by atoms with E-state index in [1.165, 1.54) is 0 Å². The topological polar surface area (TPSA) is 69.2 Å². The first-order valence-corrected chi connectivity index (χ1v) is 9.89. The third-order valence-electron chi connectivity index (χ3n) is 4.89. The Morgan fingerprint density at radius 2 is 1.97 bits per heavy atom. The SMILES string of the molecule is Cn1c(C(=O)Nc2cnn(Cc3cn4ccccc4n3)c2)c(Br)c2ccccc21. The van der Waals surface area contributed by atoms with Gasteiger partial charge >= 0.3 is 0 Å². The Hall–Kier alpha value is -3.39. The van der Waals surface area contributed by atoms with Gasteiger partial charge < -0.3 is 14.3 Å². The summed E-state index contributed by atoms with van der Waals surface area (Å²) in [5.74, 6) is -0.192. The molecule has 1 amide bonds. The number of aryl methyl sites for hydroxylation is 1. The Morgan fingerprint density at radius 3 is 2.79 bits per heavy atom. The van der Waals surface area contributed by atoms with E-state index in [0.717, 1.165) is 26.7 Å². The summed E-state index contributed by atoms with van der Waals surface area (Å²) in [7, 11) is 1.88. The number of pyridine rings is 1. The van der Waals surface area contributed by atoms with Gasteiger partial charge in [0.25, 0.3) is 5.91 Å². The third kappa shape index (κ3) is 3.11. The number of carbonyl (C=O) groups is 1. The van der Waals surface area contributed by atoms with Crippen molar-refractivity contribution in [3.8, 4) is 0 Å². The highest BCUT2D eigenvalue weighted by Crippen LogP contribution is 2.30. The van der Waals surface area contributed by atoms with Crippen molar-refractivity contribution in [3.05, 3.63) is 83.1 Å². The van der Waals surface area contributed by atoms with Crippen LogP contribution in [-0.4, -0.2) is 29.6 Å². The average molecular weight is 449 g/mol. The van der Waals surface area contributed by atoms with Gasteiger partial charge in [0.15, 0.2) is 0 Å². The van der Waals surface area contributed by atoms with Crippen molar-refractivity contribution < 1.29 is 4.79 Å². The summed E-state index contributed by atoms with van der Waals surface area (Å²) >= 11 is 3.57. The normalized spacial score (nSPS) is 11.4. The molecular formula is C21H17BrN6O. The number of carbonyl (C=O) groups excluding carboxylic acids is 1. The van der Waals surface area contributed by atoms with Gasteiger partial charge in [0.05, 0.1) is 28.6 Å². The van der Waals surface area contributed by atoms with E-state index in [4.69, 9.17) is 0 Å². The van der Waals surface area contributed by atoms with Crippen LogP contribution in [0.15, 0.2) is 71.7 Å². The molecule has 0 fully saturated rings. The zero-order valence-electron chi connectivity index (χ0n) is 15.6. The summed E-state index contributed by atoms with van der Waals surface area (Å²) in [6, 6.07) is 13.8. The van der Waals surface area contributed by atoms with Crippen molar-refractivity contribution in [1.82, 2.24) is 23.7 Å². The number of nitrogens with zero attached hydrogens (tertiary/aromatic N) is 5. The molecule has 29 heavy (non-hydrogen) atoms. The van der Waals surface area contributed by atoms with Gasteiger partial charge in [-0.3, -0.25) is 9.48 Å². The molecule has 0 unspecified atom stereocenters. The molecule has 1 aromatic carbocycles. The summed E-state index contributed by atoms with van der Waals surface area (Å²) in [4.78, 5) is 17.5. The summed E-state index contributed by atoms with van der Waals surface area (Å²) in [6.45, 7) is 0.523. The van der Waals surface area contributed by atoms with Crippen LogP contribution in [-0.2, 0) is 13.6 Å². The number of fused-ring (bicyclic) bond motifs is 2. The van der Waals surface area contributed by atoms with E-state index in [2.05, 4.69) is 31.3 Å². The van der Waals surface area contributed by atoms with Gasteiger partial charge in [-0.2, -0.15) is 5.10 Å². The molecule has 0 spiro atoms. The molecule has 0 bridgehead atoms. The molecule has 0 aliphatic heterocycles. The highest BCUT2D eigenvalue weighted by atomic mass is 79.9. The van der Waals surface area contributed by atoms with E-state index in [0.29, 0.717) is 17.9 Å². The molecule has 5 rings (SSSR count). The van der Waals surface area contributed by atoms with Crippen molar-refractivity contribution >= 4 is 44.1 Å². The Bertz CT molecular complexity index is 1290. The fourth-order valence-electron chi connectivity index (χ4n) is 3.53. The number of hydrogen-bond donors (Lipinski definition) is 1. The lowest BCUT2D eigenvalue weighted by Gasteiger charge is -2.05. The smallest absolute Gasteiger partial charge is 0.273 e. The fraction of sp³-hybridized carbons (Fsp3) is 0.0952. The van der Waals surface area contributed by atoms with E-state index in [9.17, 15) is 4.79 Å². The zero-order valence-corrected chi connectivity index (χ0v) is 17.2. The largest absolute Gasteiger partial charge is 0.339 e. The molecule has 5 aromatic rings. The molecule has 4 aromatic heterocycles. The lowest BCUT2D eigenvalue weighted by Crippen LogP contribution is -2.15. The number of aromatic nitrogens is 5. The number of para-hydroxylation sites is 1. The minimum atomic E-state index is -0.192. The molecule has 4 heterocycles. The first-order valence-electron chi connectivity index (χ1n) is 9.09. The molecule has 144 valence electrons. The summed E-state index contributed by atoms with van der Waals surface area (Å²) in [5.41, 5.74) is 3.99. The Labute approximate surface area is 174 Å². The molecule has 7 nitrogen and oxygen atoms in total. The van der Waals surface area contributed by atoms with Crippen molar-refractivity contribution in [2.45, 2.75) is 6.54 Å². The van der Waals surface area contributed by atoms with Gasteiger partial charge in [-0.1, -0.05) is 24.3 Å². The molecule has 1 N–H and O–H groups in total. The van der Waals surface area contributed by atoms with E-state index in [-0.39, 0.29) is 5.91 Å². The van der Waals surface area contributed by atoms with Crippen LogP contribution in [0.5, 0.6) is 0 Å². The zero-order chi connectivity index (χ0) is 20.0. The average Bonchev–Trinajstić information content (AvgIpc) is 3.39. The summed E-state index contributed by atoms with van der Waals surface area (Å²) < 4.78 is 6.40. The second kappa shape index (κ2) is 6.89. The molecule has 0 saturated heterocycles. The molecule has 8 heteroatoms. The maximum absolute atomic E-state index is 12.9. The highest BCUT2D eigenvalue weighted by molar-refractivity contribution is 9.10. The first kappa shape index (κ1) is 17.7. The van der Waals surface area contributed by atoms with Gasteiger partial charge in [-0.15, -0.1) is 0 Å². The number of halogens is 1. The monoisotopic (exact) mass is 448 g/mol. The number of amides is 1. The molecule has 0 atom stereocenters. The standard InChI is InChI=1S/C21H17BrN6O/c1-26-17-7-3-2-6-16(17)19(22)20(26)21(29)25-14-10-23-28(12-14)13-15-11-27-9-5-4-8-18(27)24-15/h2-12H,13H2,1H3,(H,25,29). The van der Waals surface area contributed by atoms with Crippen molar-refractivity contribution in [1.29, 1.82) is 0 Å². The Morgan fingerprint density at radius 1 is 1.14 bits per heavy atom. The minimum absolute atomic E-state index is 0.192. The van der Waals surface area contributed by atoms with Crippen LogP contribution < -0.4 is 5.32 Å². The molecule has 0 radical (unpaired) electrons. The predicted molar refractivity (Wildman–Crippen MR) is 115 cm³/mol. The van der Waals surface area contributed by atoms with Crippen LogP contribution in [0.2, 0.25) is 0 Å². The van der Waals surface area contributed by atoms with Gasteiger partial charge in [0.2, 0.25) is 0 Å². The van der Waals surface area contributed by atoms with E-state index in [1.54, 1.807) is 17.1 Å². The predicted octanol–water partition coefficient (Wildman–Crippen LogP) is 4.09. The van der Waals surface area contributed by atoms with Gasteiger partial charge in [0.1, 0.15) is 11.3 Å². The molecular weight excluding hydrogens is 432 g/mol. The summed E-state index contributed by atoms with van der Waals surface area (Å²) in [6.07, 6.45) is 7.38. The number of rotatable bonds is 4. The third-order valence-corrected chi connectivity index (χ3v) is 5.69. The molecule has 0 aliphatic rings. The maximum atomic E-state index is 12.9. The second-order valence-electron chi connectivity index (χ2n) is 6.82. The van der Waals surface area contributed by atoms with Crippen molar-refractivity contribution in [2.75, 3.05) is 5.32 Å². The first-order chi connectivity index (χ1) is 14.1. The number of nitrogens with one attached hydrogen (secondary N) is 1. The van der Waals surface area contributed by atoms with Crippen LogP contribution in [0.25, 0.3) is 16.6 Å². The van der Waals surface area contributed by atoms with Crippen LogP contribution in [0.4, 0.5) is 5.69 Å². The number of imidazole rings is 1. The maximum Gasteiger partial charge on any atom is 0.273 e. The van der Waals surface area contributed by atoms with E-state index < -0.39 is 0 Å².